The quantitative estimate of drug-likeness (QED) is 0.773. The van der Waals surface area contributed by atoms with Gasteiger partial charge in [-0.25, -0.2) is 9.97 Å². The first-order valence-electron chi connectivity index (χ1n) is 8.47. The molecule has 0 fully saturated rings. The van der Waals surface area contributed by atoms with Crippen molar-refractivity contribution in [1.82, 2.24) is 24.8 Å². The number of ether oxygens (including phenoxy) is 1. The fraction of sp³-hybridized carbons (Fsp3) is 0.263. The topological polar surface area (TPSA) is 84.0 Å². The number of para-hydroxylation sites is 1. The van der Waals surface area contributed by atoms with Crippen LogP contribution in [-0.2, 0) is 19.5 Å². The molecule has 0 bridgehead atoms. The summed E-state index contributed by atoms with van der Waals surface area (Å²) in [6.45, 7) is 2.17. The highest BCUT2D eigenvalue weighted by Gasteiger charge is 2.22. The number of rotatable bonds is 4. The number of nitrogens with one attached hydrogen (secondary N) is 1. The summed E-state index contributed by atoms with van der Waals surface area (Å²) in [6, 6.07) is 7.99. The zero-order valence-electron chi connectivity index (χ0n) is 14.5. The smallest absolute Gasteiger partial charge is 0.254 e. The summed E-state index contributed by atoms with van der Waals surface area (Å²) in [4.78, 5) is 30.5. The molecule has 3 aromatic rings. The Bertz CT molecular complexity index is 971. The van der Waals surface area contributed by atoms with Gasteiger partial charge in [-0.3, -0.25) is 14.7 Å². The van der Waals surface area contributed by atoms with Gasteiger partial charge in [0.05, 0.1) is 19.0 Å². The summed E-state index contributed by atoms with van der Waals surface area (Å²) < 4.78 is 5.44. The van der Waals surface area contributed by atoms with Crippen LogP contribution in [0.2, 0.25) is 0 Å². The van der Waals surface area contributed by atoms with Gasteiger partial charge in [-0.15, -0.1) is 0 Å². The molecule has 0 spiro atoms. The van der Waals surface area contributed by atoms with Gasteiger partial charge in [-0.05, 0) is 12.5 Å². The maximum Gasteiger partial charge on any atom is 0.254 e. The molecular weight excluding hydrogens is 330 g/mol. The molecule has 3 heterocycles. The summed E-state index contributed by atoms with van der Waals surface area (Å²) in [5.74, 6) is 1.33. The third-order valence-electron chi connectivity index (χ3n) is 4.54. The van der Waals surface area contributed by atoms with E-state index >= 15 is 0 Å². The second-order valence-electron chi connectivity index (χ2n) is 6.20. The van der Waals surface area contributed by atoms with E-state index in [1.165, 1.54) is 0 Å². The molecule has 1 N–H and O–H groups in total. The van der Waals surface area contributed by atoms with Gasteiger partial charge in [-0.2, -0.15) is 0 Å². The maximum absolute atomic E-state index is 12.4. The van der Waals surface area contributed by atoms with Crippen molar-refractivity contribution < 1.29 is 4.74 Å². The van der Waals surface area contributed by atoms with Gasteiger partial charge in [0, 0.05) is 43.2 Å². The lowest BCUT2D eigenvalue weighted by Crippen LogP contribution is -2.35. The minimum absolute atomic E-state index is 0.0902. The molecule has 0 radical (unpaired) electrons. The summed E-state index contributed by atoms with van der Waals surface area (Å²) in [5, 5.41) is 0. The van der Waals surface area contributed by atoms with Crippen molar-refractivity contribution in [1.29, 1.82) is 0 Å². The SMILES string of the molecule is COc1ccccc1CN1CCc2c(nc(-c3cnccn3)[nH]c2=O)C1. The average molecular weight is 349 g/mol. The van der Waals surface area contributed by atoms with Gasteiger partial charge < -0.3 is 9.72 Å². The van der Waals surface area contributed by atoms with E-state index in [0.717, 1.165) is 35.7 Å². The van der Waals surface area contributed by atoms with E-state index in [-0.39, 0.29) is 5.56 Å². The van der Waals surface area contributed by atoms with Gasteiger partial charge in [0.1, 0.15) is 11.4 Å². The molecule has 7 heteroatoms. The number of fused-ring (bicyclic) bond motifs is 1. The second-order valence-corrected chi connectivity index (χ2v) is 6.20. The van der Waals surface area contributed by atoms with Crippen LogP contribution in [0.15, 0.2) is 47.7 Å². The average Bonchev–Trinajstić information content (AvgIpc) is 2.69. The Morgan fingerprint density at radius 2 is 2.15 bits per heavy atom. The minimum atomic E-state index is -0.0902. The van der Waals surface area contributed by atoms with Crippen LogP contribution in [0.4, 0.5) is 0 Å². The Morgan fingerprint density at radius 3 is 2.96 bits per heavy atom. The lowest BCUT2D eigenvalue weighted by Gasteiger charge is -2.28. The van der Waals surface area contributed by atoms with Crippen molar-refractivity contribution in [3.63, 3.8) is 0 Å². The molecule has 7 nitrogen and oxygen atoms in total. The summed E-state index contributed by atoms with van der Waals surface area (Å²) in [6.07, 6.45) is 5.45. The molecule has 132 valence electrons. The number of aromatic nitrogens is 4. The van der Waals surface area contributed by atoms with Crippen LogP contribution in [0.25, 0.3) is 11.5 Å². The minimum Gasteiger partial charge on any atom is -0.496 e. The molecule has 0 aliphatic carbocycles. The molecule has 1 aliphatic rings. The third kappa shape index (κ3) is 3.21. The van der Waals surface area contributed by atoms with Crippen molar-refractivity contribution in [2.75, 3.05) is 13.7 Å². The molecule has 1 aliphatic heterocycles. The van der Waals surface area contributed by atoms with E-state index in [1.54, 1.807) is 25.7 Å². The molecular formula is C19H19N5O2. The molecule has 2 aromatic heterocycles. The van der Waals surface area contributed by atoms with Crippen molar-refractivity contribution in [2.45, 2.75) is 19.5 Å². The van der Waals surface area contributed by atoms with Crippen molar-refractivity contribution in [3.8, 4) is 17.3 Å². The molecule has 0 saturated heterocycles. The van der Waals surface area contributed by atoms with Crippen molar-refractivity contribution in [3.05, 3.63) is 70.0 Å². The molecule has 0 amide bonds. The van der Waals surface area contributed by atoms with E-state index in [9.17, 15) is 4.79 Å². The molecule has 26 heavy (non-hydrogen) atoms. The number of H-pyrrole nitrogens is 1. The van der Waals surface area contributed by atoms with E-state index in [4.69, 9.17) is 4.74 Å². The molecule has 4 rings (SSSR count). The van der Waals surface area contributed by atoms with E-state index in [2.05, 4.69) is 30.9 Å². The molecule has 0 saturated carbocycles. The third-order valence-corrected chi connectivity index (χ3v) is 4.54. The first-order valence-corrected chi connectivity index (χ1v) is 8.47. The molecule has 1 aromatic carbocycles. The second kappa shape index (κ2) is 7.05. The zero-order chi connectivity index (χ0) is 17.9. The van der Waals surface area contributed by atoms with Gasteiger partial charge in [0.2, 0.25) is 0 Å². The number of nitrogens with zero attached hydrogens (tertiary/aromatic N) is 4. The number of hydrogen-bond donors (Lipinski definition) is 1. The standard InChI is InChI=1S/C19H19N5O2/c1-26-17-5-3-2-4-13(17)11-24-9-6-14-16(12-24)22-18(23-19(14)25)15-10-20-7-8-21-15/h2-5,7-8,10H,6,9,11-12H2,1H3,(H,22,23,25). The first kappa shape index (κ1) is 16.4. The van der Waals surface area contributed by atoms with Crippen molar-refractivity contribution >= 4 is 0 Å². The van der Waals surface area contributed by atoms with Crippen LogP contribution in [0, 0.1) is 0 Å². The van der Waals surface area contributed by atoms with Gasteiger partial charge in [-0.1, -0.05) is 18.2 Å². The fourth-order valence-corrected chi connectivity index (χ4v) is 3.25. The summed E-state index contributed by atoms with van der Waals surface area (Å²) in [7, 11) is 1.68. The highest BCUT2D eigenvalue weighted by Crippen LogP contribution is 2.23. The van der Waals surface area contributed by atoms with Crippen molar-refractivity contribution in [2.24, 2.45) is 0 Å². The van der Waals surface area contributed by atoms with Gasteiger partial charge >= 0.3 is 0 Å². The van der Waals surface area contributed by atoms with Crippen LogP contribution in [0.1, 0.15) is 16.8 Å². The highest BCUT2D eigenvalue weighted by molar-refractivity contribution is 5.47. The van der Waals surface area contributed by atoms with Crippen LogP contribution < -0.4 is 10.3 Å². The number of methoxy groups -OCH3 is 1. The molecule has 0 unspecified atom stereocenters. The van der Waals surface area contributed by atoms with Crippen LogP contribution in [0.3, 0.4) is 0 Å². The van der Waals surface area contributed by atoms with Crippen LogP contribution in [-0.4, -0.2) is 38.5 Å². The Hall–Kier alpha value is -3.06. The van der Waals surface area contributed by atoms with Crippen LogP contribution >= 0.6 is 0 Å². The predicted octanol–water partition coefficient (Wildman–Crippen LogP) is 1.79. The van der Waals surface area contributed by atoms with Gasteiger partial charge in [0.25, 0.3) is 5.56 Å². The fourth-order valence-electron chi connectivity index (χ4n) is 3.25. The number of aromatic amines is 1. The number of hydrogen-bond acceptors (Lipinski definition) is 6. The zero-order valence-corrected chi connectivity index (χ0v) is 14.5. The van der Waals surface area contributed by atoms with Crippen LogP contribution in [0.5, 0.6) is 5.75 Å². The number of benzene rings is 1. The van der Waals surface area contributed by atoms with Gasteiger partial charge in [0.15, 0.2) is 5.82 Å². The Kier molecular flexibility index (Phi) is 4.45. The Balaban J connectivity index is 1.62. The summed E-state index contributed by atoms with van der Waals surface area (Å²) in [5.41, 5.74) is 3.16. The Morgan fingerprint density at radius 1 is 1.27 bits per heavy atom. The predicted molar refractivity (Wildman–Crippen MR) is 96.7 cm³/mol. The maximum atomic E-state index is 12.4. The highest BCUT2D eigenvalue weighted by atomic mass is 16.5. The molecule has 0 atom stereocenters. The first-order chi connectivity index (χ1) is 12.7. The summed E-state index contributed by atoms with van der Waals surface area (Å²) >= 11 is 0. The van der Waals surface area contributed by atoms with E-state index in [0.29, 0.717) is 24.5 Å². The van der Waals surface area contributed by atoms with E-state index in [1.807, 2.05) is 18.2 Å². The lowest BCUT2D eigenvalue weighted by molar-refractivity contribution is 0.237. The Labute approximate surface area is 150 Å². The normalized spacial score (nSPS) is 14.0. The lowest BCUT2D eigenvalue weighted by atomic mass is 10.1. The van der Waals surface area contributed by atoms with E-state index < -0.39 is 0 Å². The monoisotopic (exact) mass is 349 g/mol. The largest absolute Gasteiger partial charge is 0.496 e.